The number of likely N-dealkylation sites (tertiary alicyclic amines) is 1. The minimum absolute atomic E-state index is 0.152. The summed E-state index contributed by atoms with van der Waals surface area (Å²) in [6.07, 6.45) is 3.42. The van der Waals surface area contributed by atoms with Gasteiger partial charge in [0.2, 0.25) is 0 Å². The summed E-state index contributed by atoms with van der Waals surface area (Å²) in [5, 5.41) is 3.92. The van der Waals surface area contributed by atoms with Crippen molar-refractivity contribution in [2.24, 2.45) is 10.5 Å². The third kappa shape index (κ3) is 4.51. The van der Waals surface area contributed by atoms with E-state index in [1.54, 1.807) is 0 Å². The van der Waals surface area contributed by atoms with Crippen molar-refractivity contribution in [1.29, 1.82) is 0 Å². The summed E-state index contributed by atoms with van der Waals surface area (Å²) in [5.41, 5.74) is 9.13. The summed E-state index contributed by atoms with van der Waals surface area (Å²) in [5.74, 6) is 0. The molecule has 1 saturated heterocycles. The topological polar surface area (TPSA) is 52.0 Å². The Labute approximate surface area is 111 Å². The first-order chi connectivity index (χ1) is 8.13. The summed E-state index contributed by atoms with van der Waals surface area (Å²) in [7, 11) is 0. The Kier molecular flexibility index (Phi) is 4.68. The molecule has 0 aromatic rings. The van der Waals surface area contributed by atoms with E-state index in [0.29, 0.717) is 11.5 Å². The van der Waals surface area contributed by atoms with Gasteiger partial charge >= 0.3 is 0 Å². The molecule has 2 atom stereocenters. The monoisotopic (exact) mass is 252 g/mol. The number of rotatable bonds is 3. The Morgan fingerprint density at radius 2 is 1.83 bits per heavy atom. The summed E-state index contributed by atoms with van der Waals surface area (Å²) >= 11 is 0. The van der Waals surface area contributed by atoms with E-state index in [0.717, 1.165) is 13.0 Å². The van der Waals surface area contributed by atoms with E-state index >= 15 is 0 Å². The van der Waals surface area contributed by atoms with Crippen LogP contribution in [0.3, 0.4) is 0 Å². The van der Waals surface area contributed by atoms with E-state index < -0.39 is 0 Å². The molecule has 0 aromatic heterocycles. The van der Waals surface area contributed by atoms with Gasteiger partial charge in [-0.25, -0.2) is 0 Å². The minimum Gasteiger partial charge on any atom is -0.295 e. The lowest BCUT2D eigenvalue weighted by Crippen LogP contribution is -2.45. The molecule has 0 aliphatic carbocycles. The highest BCUT2D eigenvalue weighted by atomic mass is 15.3. The fraction of sp³-hybridized carbons (Fsp3) is 1.00. The first-order valence-electron chi connectivity index (χ1n) is 6.94. The van der Waals surface area contributed by atoms with Gasteiger partial charge in [-0.15, -0.1) is 0 Å². The van der Waals surface area contributed by atoms with Crippen LogP contribution in [-0.2, 0) is 0 Å². The fourth-order valence-electron chi connectivity index (χ4n) is 2.74. The summed E-state index contributed by atoms with van der Waals surface area (Å²) in [6, 6.07) is 0.707. The smallest absolute Gasteiger partial charge is 0.0516 e. The van der Waals surface area contributed by atoms with E-state index in [-0.39, 0.29) is 11.6 Å². The zero-order chi connectivity index (χ0) is 14.0. The lowest BCUT2D eigenvalue weighted by Gasteiger charge is -2.38. The van der Waals surface area contributed by atoms with Crippen molar-refractivity contribution in [2.75, 3.05) is 6.54 Å². The predicted octanol–water partition coefficient (Wildman–Crippen LogP) is 4.36. The van der Waals surface area contributed by atoms with Crippen LogP contribution in [0.15, 0.2) is 5.11 Å². The fourth-order valence-corrected chi connectivity index (χ4v) is 2.74. The van der Waals surface area contributed by atoms with Gasteiger partial charge in [0.15, 0.2) is 0 Å². The van der Waals surface area contributed by atoms with Crippen molar-refractivity contribution in [3.05, 3.63) is 10.4 Å². The maximum Gasteiger partial charge on any atom is 0.0516 e. The van der Waals surface area contributed by atoms with E-state index in [4.69, 9.17) is 5.53 Å². The molecular weight excluding hydrogens is 224 g/mol. The molecule has 2 unspecified atom stereocenters. The molecule has 1 aliphatic rings. The molecule has 0 spiro atoms. The second kappa shape index (κ2) is 5.50. The van der Waals surface area contributed by atoms with Gasteiger partial charge in [-0.1, -0.05) is 25.9 Å². The predicted molar refractivity (Wildman–Crippen MR) is 76.5 cm³/mol. The van der Waals surface area contributed by atoms with Crippen LogP contribution in [0, 0.1) is 5.41 Å². The van der Waals surface area contributed by atoms with Gasteiger partial charge in [0, 0.05) is 23.0 Å². The number of hydrogen-bond donors (Lipinski definition) is 0. The number of nitrogens with zero attached hydrogens (tertiary/aromatic N) is 4. The van der Waals surface area contributed by atoms with Crippen LogP contribution in [0.1, 0.15) is 60.8 Å². The van der Waals surface area contributed by atoms with Crippen LogP contribution in [-0.4, -0.2) is 29.1 Å². The molecule has 1 heterocycles. The first kappa shape index (κ1) is 15.3. The molecule has 1 rings (SSSR count). The van der Waals surface area contributed by atoms with Crippen LogP contribution in [0.25, 0.3) is 10.4 Å². The Balaban J connectivity index is 2.70. The summed E-state index contributed by atoms with van der Waals surface area (Å²) in [6.45, 7) is 14.5. The average Bonchev–Trinajstić information content (AvgIpc) is 2.57. The maximum absolute atomic E-state index is 8.60. The van der Waals surface area contributed by atoms with Crippen molar-refractivity contribution in [3.63, 3.8) is 0 Å². The Bertz CT molecular complexity index is 318. The molecule has 0 saturated carbocycles. The molecule has 0 amide bonds. The van der Waals surface area contributed by atoms with Gasteiger partial charge in [0.25, 0.3) is 0 Å². The molecule has 18 heavy (non-hydrogen) atoms. The third-order valence-corrected chi connectivity index (χ3v) is 3.70. The second-order valence-corrected chi connectivity index (χ2v) is 7.67. The van der Waals surface area contributed by atoms with E-state index in [1.165, 1.54) is 12.8 Å². The summed E-state index contributed by atoms with van der Waals surface area (Å²) < 4.78 is 0. The van der Waals surface area contributed by atoms with E-state index in [2.05, 4.69) is 56.5 Å². The molecule has 104 valence electrons. The van der Waals surface area contributed by atoms with Crippen molar-refractivity contribution in [3.8, 4) is 0 Å². The van der Waals surface area contributed by atoms with Crippen LogP contribution >= 0.6 is 0 Å². The largest absolute Gasteiger partial charge is 0.295 e. The van der Waals surface area contributed by atoms with Gasteiger partial charge < -0.3 is 0 Å². The van der Waals surface area contributed by atoms with Gasteiger partial charge in [0.1, 0.15) is 0 Å². The highest BCUT2D eigenvalue weighted by molar-refractivity contribution is 4.95. The number of hydrogen-bond acceptors (Lipinski definition) is 2. The van der Waals surface area contributed by atoms with Crippen molar-refractivity contribution < 1.29 is 0 Å². The Morgan fingerprint density at radius 3 is 2.28 bits per heavy atom. The zero-order valence-corrected chi connectivity index (χ0v) is 12.8. The maximum atomic E-state index is 8.60. The summed E-state index contributed by atoms with van der Waals surface area (Å²) in [4.78, 5) is 5.49. The molecule has 1 aliphatic heterocycles. The SMILES string of the molecule is CC(C)(C)CCC1CC(N=[N+]=[N-])CN1C(C)(C)C. The van der Waals surface area contributed by atoms with Crippen LogP contribution in [0.4, 0.5) is 0 Å². The minimum atomic E-state index is 0.152. The first-order valence-corrected chi connectivity index (χ1v) is 6.94. The molecule has 0 N–H and O–H groups in total. The van der Waals surface area contributed by atoms with Crippen molar-refractivity contribution >= 4 is 0 Å². The highest BCUT2D eigenvalue weighted by Crippen LogP contribution is 2.33. The van der Waals surface area contributed by atoms with E-state index in [9.17, 15) is 0 Å². The standard InChI is InChI=1S/C14H28N4/c1-13(2,3)8-7-12-9-11(16-17-15)10-18(12)14(4,5)6/h11-12H,7-10H2,1-6H3. The van der Waals surface area contributed by atoms with Crippen LogP contribution in [0.5, 0.6) is 0 Å². The molecule has 0 aromatic carbocycles. The molecule has 4 heteroatoms. The van der Waals surface area contributed by atoms with Crippen LogP contribution < -0.4 is 0 Å². The third-order valence-electron chi connectivity index (χ3n) is 3.70. The zero-order valence-electron chi connectivity index (χ0n) is 12.8. The molecular formula is C14H28N4. The number of azide groups is 1. The Morgan fingerprint density at radius 1 is 1.22 bits per heavy atom. The van der Waals surface area contributed by atoms with E-state index in [1.807, 2.05) is 0 Å². The molecule has 4 nitrogen and oxygen atoms in total. The van der Waals surface area contributed by atoms with Crippen LogP contribution in [0.2, 0.25) is 0 Å². The van der Waals surface area contributed by atoms with Gasteiger partial charge in [0.05, 0.1) is 6.04 Å². The lowest BCUT2D eigenvalue weighted by molar-refractivity contribution is 0.107. The second-order valence-electron chi connectivity index (χ2n) is 7.67. The quantitative estimate of drug-likeness (QED) is 0.418. The Hall–Kier alpha value is -0.730. The van der Waals surface area contributed by atoms with Gasteiger partial charge in [-0.2, -0.15) is 0 Å². The van der Waals surface area contributed by atoms with Gasteiger partial charge in [-0.3, -0.25) is 4.90 Å². The lowest BCUT2D eigenvalue weighted by atomic mass is 9.87. The van der Waals surface area contributed by atoms with Crippen molar-refractivity contribution in [1.82, 2.24) is 4.90 Å². The average molecular weight is 252 g/mol. The normalized spacial score (nSPS) is 26.1. The molecule has 0 radical (unpaired) electrons. The van der Waals surface area contributed by atoms with Crippen molar-refractivity contribution in [2.45, 2.75) is 78.4 Å². The highest BCUT2D eigenvalue weighted by Gasteiger charge is 2.37. The molecule has 1 fully saturated rings. The molecule has 0 bridgehead atoms. The van der Waals surface area contributed by atoms with Gasteiger partial charge in [-0.05, 0) is 51.0 Å².